The smallest absolute Gasteiger partial charge is 0.335 e. The number of benzene rings is 1. The summed E-state index contributed by atoms with van der Waals surface area (Å²) >= 11 is 1.56. The van der Waals surface area contributed by atoms with Gasteiger partial charge in [0.1, 0.15) is 5.82 Å². The van der Waals surface area contributed by atoms with Crippen LogP contribution in [0.5, 0.6) is 0 Å². The van der Waals surface area contributed by atoms with Crippen LogP contribution < -0.4 is 5.32 Å². The van der Waals surface area contributed by atoms with Crippen molar-refractivity contribution in [1.29, 1.82) is 0 Å². The molecule has 2 aromatic rings. The third kappa shape index (κ3) is 3.01. The molecule has 1 unspecified atom stereocenters. The Labute approximate surface area is 130 Å². The number of nitrogens with one attached hydrogen (secondary N) is 1. The molecular weight excluding hydrogens is 305 g/mol. The fraction of sp³-hybridized carbons (Fsp3) is 0.250. The molecule has 114 valence electrons. The third-order valence-electron chi connectivity index (χ3n) is 3.69. The van der Waals surface area contributed by atoms with Gasteiger partial charge in [-0.05, 0) is 48.4 Å². The second kappa shape index (κ2) is 5.88. The van der Waals surface area contributed by atoms with Crippen LogP contribution in [0.4, 0.5) is 4.39 Å². The van der Waals surface area contributed by atoms with E-state index in [2.05, 4.69) is 5.32 Å². The van der Waals surface area contributed by atoms with Gasteiger partial charge in [-0.3, -0.25) is 4.79 Å². The van der Waals surface area contributed by atoms with E-state index in [4.69, 9.17) is 5.11 Å². The number of carboxylic acid groups (broad SMARTS) is 1. The summed E-state index contributed by atoms with van der Waals surface area (Å²) in [5.74, 6) is -2.16. The van der Waals surface area contributed by atoms with Gasteiger partial charge in [0.15, 0.2) is 0 Å². The fourth-order valence-corrected chi connectivity index (χ4v) is 3.24. The van der Waals surface area contributed by atoms with E-state index in [1.807, 2.05) is 17.5 Å². The van der Waals surface area contributed by atoms with Crippen LogP contribution >= 0.6 is 11.3 Å². The van der Waals surface area contributed by atoms with Crippen molar-refractivity contribution in [2.24, 2.45) is 5.92 Å². The maximum absolute atomic E-state index is 13.9. The van der Waals surface area contributed by atoms with Gasteiger partial charge in [-0.15, -0.1) is 11.3 Å². The molecule has 6 heteroatoms. The molecule has 1 atom stereocenters. The molecule has 0 aliphatic heterocycles. The Morgan fingerprint density at radius 3 is 2.64 bits per heavy atom. The zero-order valence-corrected chi connectivity index (χ0v) is 12.4. The largest absolute Gasteiger partial charge is 0.478 e. The summed E-state index contributed by atoms with van der Waals surface area (Å²) in [6.07, 6.45) is 2.09. The predicted octanol–water partition coefficient (Wildman–Crippen LogP) is 3.47. The third-order valence-corrected chi connectivity index (χ3v) is 4.65. The number of hydrogen-bond donors (Lipinski definition) is 2. The van der Waals surface area contributed by atoms with Crippen LogP contribution in [0.3, 0.4) is 0 Å². The standard InChI is InChI=1S/C16H14FNO3S/c17-12-8-10(16(20)21)5-6-11(12)15(19)18-14(9-3-4-9)13-2-1-7-22-13/h1-2,5-9,14H,3-4H2,(H,18,19)(H,20,21). The summed E-state index contributed by atoms with van der Waals surface area (Å²) in [5.41, 5.74) is -0.307. The fourth-order valence-electron chi connectivity index (χ4n) is 2.37. The molecule has 1 aliphatic rings. The Morgan fingerprint density at radius 2 is 2.09 bits per heavy atom. The van der Waals surface area contributed by atoms with Crippen molar-refractivity contribution >= 4 is 23.2 Å². The van der Waals surface area contributed by atoms with Gasteiger partial charge in [-0.2, -0.15) is 0 Å². The number of rotatable bonds is 5. The topological polar surface area (TPSA) is 66.4 Å². The molecule has 0 saturated heterocycles. The first-order valence-electron chi connectivity index (χ1n) is 6.93. The highest BCUT2D eigenvalue weighted by Gasteiger charge is 2.34. The van der Waals surface area contributed by atoms with Gasteiger partial charge in [0.2, 0.25) is 0 Å². The number of halogens is 1. The van der Waals surface area contributed by atoms with Crippen molar-refractivity contribution in [3.63, 3.8) is 0 Å². The van der Waals surface area contributed by atoms with Crippen molar-refractivity contribution in [2.45, 2.75) is 18.9 Å². The lowest BCUT2D eigenvalue weighted by molar-refractivity contribution is 0.0695. The number of amides is 1. The molecule has 1 amide bonds. The summed E-state index contributed by atoms with van der Waals surface area (Å²) in [4.78, 5) is 24.1. The van der Waals surface area contributed by atoms with Crippen LogP contribution in [-0.4, -0.2) is 17.0 Å². The second-order valence-electron chi connectivity index (χ2n) is 5.30. The van der Waals surface area contributed by atoms with Gasteiger partial charge in [-0.25, -0.2) is 9.18 Å². The molecule has 3 rings (SSSR count). The van der Waals surface area contributed by atoms with Crippen LogP contribution in [0.2, 0.25) is 0 Å². The second-order valence-corrected chi connectivity index (χ2v) is 6.28. The summed E-state index contributed by atoms with van der Waals surface area (Å²) in [7, 11) is 0. The Morgan fingerprint density at radius 1 is 1.32 bits per heavy atom. The monoisotopic (exact) mass is 319 g/mol. The zero-order valence-electron chi connectivity index (χ0n) is 11.6. The maximum Gasteiger partial charge on any atom is 0.335 e. The Bertz CT molecular complexity index is 710. The van der Waals surface area contributed by atoms with E-state index in [0.717, 1.165) is 23.8 Å². The summed E-state index contributed by atoms with van der Waals surface area (Å²) in [6, 6.07) is 7.09. The number of hydrogen-bond acceptors (Lipinski definition) is 3. The highest BCUT2D eigenvalue weighted by Crippen LogP contribution is 2.42. The van der Waals surface area contributed by atoms with Crippen LogP contribution in [0, 0.1) is 11.7 Å². The first-order chi connectivity index (χ1) is 10.6. The molecule has 1 aromatic carbocycles. The SMILES string of the molecule is O=C(O)c1ccc(C(=O)NC(c2cccs2)C2CC2)c(F)c1. The molecular formula is C16H14FNO3S. The van der Waals surface area contributed by atoms with E-state index in [-0.39, 0.29) is 17.2 Å². The molecule has 1 heterocycles. The molecule has 1 aromatic heterocycles. The van der Waals surface area contributed by atoms with Crippen molar-refractivity contribution in [3.05, 3.63) is 57.5 Å². The molecule has 1 aliphatic carbocycles. The highest BCUT2D eigenvalue weighted by molar-refractivity contribution is 7.10. The highest BCUT2D eigenvalue weighted by atomic mass is 32.1. The van der Waals surface area contributed by atoms with E-state index in [1.54, 1.807) is 11.3 Å². The number of carboxylic acids is 1. The molecule has 2 N–H and O–H groups in total. The van der Waals surface area contributed by atoms with E-state index < -0.39 is 17.7 Å². The molecule has 0 radical (unpaired) electrons. The number of aromatic carboxylic acids is 1. The number of carbonyl (C=O) groups is 2. The van der Waals surface area contributed by atoms with E-state index in [9.17, 15) is 14.0 Å². The first-order valence-corrected chi connectivity index (χ1v) is 7.81. The lowest BCUT2D eigenvalue weighted by atomic mass is 10.1. The average Bonchev–Trinajstić information content (AvgIpc) is 3.18. The minimum absolute atomic E-state index is 0.106. The molecule has 22 heavy (non-hydrogen) atoms. The van der Waals surface area contributed by atoms with Crippen LogP contribution in [0.1, 0.15) is 44.5 Å². The van der Waals surface area contributed by atoms with Gasteiger partial charge >= 0.3 is 5.97 Å². The summed E-state index contributed by atoms with van der Waals surface area (Å²) < 4.78 is 13.9. The Hall–Kier alpha value is -2.21. The van der Waals surface area contributed by atoms with E-state index in [1.165, 1.54) is 12.1 Å². The van der Waals surface area contributed by atoms with E-state index >= 15 is 0 Å². The van der Waals surface area contributed by atoms with Gasteiger partial charge in [0, 0.05) is 4.88 Å². The lowest BCUT2D eigenvalue weighted by Crippen LogP contribution is -2.30. The van der Waals surface area contributed by atoms with Crippen LogP contribution in [0.25, 0.3) is 0 Å². The number of thiophene rings is 1. The van der Waals surface area contributed by atoms with Crippen molar-refractivity contribution in [1.82, 2.24) is 5.32 Å². The molecule has 0 spiro atoms. The Kier molecular flexibility index (Phi) is 3.94. The van der Waals surface area contributed by atoms with Crippen LogP contribution in [0.15, 0.2) is 35.7 Å². The van der Waals surface area contributed by atoms with Gasteiger partial charge in [0.25, 0.3) is 5.91 Å². The van der Waals surface area contributed by atoms with E-state index in [0.29, 0.717) is 5.92 Å². The first kappa shape index (κ1) is 14.7. The van der Waals surface area contributed by atoms with Gasteiger partial charge in [0.05, 0.1) is 17.2 Å². The quantitative estimate of drug-likeness (QED) is 0.887. The Balaban J connectivity index is 1.80. The lowest BCUT2D eigenvalue weighted by Gasteiger charge is -2.17. The van der Waals surface area contributed by atoms with Gasteiger partial charge < -0.3 is 10.4 Å². The average molecular weight is 319 g/mol. The number of carbonyl (C=O) groups excluding carboxylic acids is 1. The van der Waals surface area contributed by atoms with Crippen molar-refractivity contribution in [3.8, 4) is 0 Å². The minimum Gasteiger partial charge on any atom is -0.478 e. The normalized spacial score (nSPS) is 15.3. The minimum atomic E-state index is -1.22. The molecule has 1 saturated carbocycles. The molecule has 1 fully saturated rings. The molecule has 0 bridgehead atoms. The van der Waals surface area contributed by atoms with Gasteiger partial charge in [-0.1, -0.05) is 6.07 Å². The van der Waals surface area contributed by atoms with Crippen molar-refractivity contribution < 1.29 is 19.1 Å². The van der Waals surface area contributed by atoms with Crippen LogP contribution in [-0.2, 0) is 0 Å². The summed E-state index contributed by atoms with van der Waals surface area (Å²) in [5, 5.41) is 13.6. The predicted molar refractivity (Wildman–Crippen MR) is 80.6 cm³/mol. The zero-order chi connectivity index (χ0) is 15.7. The van der Waals surface area contributed by atoms with Crippen molar-refractivity contribution in [2.75, 3.05) is 0 Å². The maximum atomic E-state index is 13.9. The summed E-state index contributed by atoms with van der Waals surface area (Å²) in [6.45, 7) is 0. The molecule has 4 nitrogen and oxygen atoms in total.